The van der Waals surface area contributed by atoms with Crippen LogP contribution in [0.1, 0.15) is 37.8 Å². The van der Waals surface area contributed by atoms with Crippen LogP contribution in [0.3, 0.4) is 0 Å². The molecule has 0 radical (unpaired) electrons. The third kappa shape index (κ3) is 8.29. The summed E-state index contributed by atoms with van der Waals surface area (Å²) >= 11 is 1.57. The smallest absolute Gasteiger partial charge is 0.242 e. The summed E-state index contributed by atoms with van der Waals surface area (Å²) in [5.74, 6) is 1.85. The monoisotopic (exact) mass is 442 g/mol. The van der Waals surface area contributed by atoms with Gasteiger partial charge in [-0.3, -0.25) is 9.59 Å². The van der Waals surface area contributed by atoms with Crippen molar-refractivity contribution in [2.45, 2.75) is 44.9 Å². The van der Waals surface area contributed by atoms with Crippen LogP contribution in [-0.2, 0) is 21.8 Å². The lowest BCUT2D eigenvalue weighted by atomic mass is 10.1. The first-order valence-electron chi connectivity index (χ1n) is 10.9. The molecule has 0 aliphatic heterocycles. The van der Waals surface area contributed by atoms with Crippen molar-refractivity contribution in [2.75, 3.05) is 26.0 Å². The van der Waals surface area contributed by atoms with Gasteiger partial charge in [-0.15, -0.1) is 11.8 Å². The Morgan fingerprint density at radius 2 is 1.74 bits per heavy atom. The van der Waals surface area contributed by atoms with Gasteiger partial charge in [-0.2, -0.15) is 0 Å². The van der Waals surface area contributed by atoms with Gasteiger partial charge in [-0.05, 0) is 42.5 Å². The Morgan fingerprint density at radius 1 is 1.03 bits per heavy atom. The number of hydrogen-bond acceptors (Lipinski definition) is 4. The Hall–Kier alpha value is -2.47. The summed E-state index contributed by atoms with van der Waals surface area (Å²) in [6, 6.07) is 17.5. The summed E-state index contributed by atoms with van der Waals surface area (Å²) in [5.41, 5.74) is 2.30. The topological polar surface area (TPSA) is 58.6 Å². The molecule has 31 heavy (non-hydrogen) atoms. The molecule has 0 bridgehead atoms. The van der Waals surface area contributed by atoms with E-state index in [1.54, 1.807) is 23.8 Å². The zero-order chi connectivity index (χ0) is 22.5. The van der Waals surface area contributed by atoms with Gasteiger partial charge in [0.05, 0.1) is 12.9 Å². The van der Waals surface area contributed by atoms with Crippen molar-refractivity contribution in [2.24, 2.45) is 0 Å². The highest BCUT2D eigenvalue weighted by atomic mass is 32.2. The van der Waals surface area contributed by atoms with Crippen LogP contribution >= 0.6 is 11.8 Å². The number of amides is 2. The molecule has 2 amide bonds. The minimum absolute atomic E-state index is 0.00735. The molecule has 0 saturated carbocycles. The quantitative estimate of drug-likeness (QED) is 0.502. The maximum absolute atomic E-state index is 13.1. The molecule has 2 aromatic rings. The van der Waals surface area contributed by atoms with Crippen molar-refractivity contribution in [3.8, 4) is 5.75 Å². The fourth-order valence-corrected chi connectivity index (χ4v) is 4.19. The van der Waals surface area contributed by atoms with Crippen LogP contribution in [0.2, 0.25) is 0 Å². The number of nitrogens with zero attached hydrogens (tertiary/aromatic N) is 1. The van der Waals surface area contributed by atoms with Gasteiger partial charge in [0, 0.05) is 18.8 Å². The number of carbonyl (C=O) groups is 2. The predicted molar refractivity (Wildman–Crippen MR) is 128 cm³/mol. The van der Waals surface area contributed by atoms with Gasteiger partial charge in [0.15, 0.2) is 0 Å². The summed E-state index contributed by atoms with van der Waals surface area (Å²) in [5, 5.41) is 2.96. The van der Waals surface area contributed by atoms with Crippen LogP contribution < -0.4 is 10.1 Å². The molecule has 168 valence electrons. The van der Waals surface area contributed by atoms with E-state index in [1.807, 2.05) is 56.3 Å². The average Bonchev–Trinajstić information content (AvgIpc) is 2.81. The normalized spacial score (nSPS) is 11.6. The van der Waals surface area contributed by atoms with Crippen molar-refractivity contribution in [3.05, 3.63) is 65.7 Å². The van der Waals surface area contributed by atoms with Crippen LogP contribution in [0, 0.1) is 0 Å². The number of nitrogens with one attached hydrogen (secondary N) is 1. The van der Waals surface area contributed by atoms with Gasteiger partial charge in [-0.1, -0.05) is 56.3 Å². The summed E-state index contributed by atoms with van der Waals surface area (Å²) in [6.45, 7) is 5.14. The number of ether oxygens (including phenoxy) is 1. The van der Waals surface area contributed by atoms with Crippen molar-refractivity contribution < 1.29 is 14.3 Å². The molecule has 2 rings (SSSR count). The third-order valence-corrected chi connectivity index (χ3v) is 6.06. The van der Waals surface area contributed by atoms with E-state index in [1.165, 1.54) is 0 Å². The molecule has 0 saturated heterocycles. The second-order valence-electron chi connectivity index (χ2n) is 7.38. The van der Waals surface area contributed by atoms with Crippen LogP contribution in [0.4, 0.5) is 0 Å². The highest BCUT2D eigenvalue weighted by molar-refractivity contribution is 7.99. The van der Waals surface area contributed by atoms with E-state index in [0.717, 1.165) is 35.5 Å². The molecule has 0 aliphatic rings. The Kier molecular flexibility index (Phi) is 11.0. The summed E-state index contributed by atoms with van der Waals surface area (Å²) in [6.07, 6.45) is 2.20. The van der Waals surface area contributed by atoms with Crippen molar-refractivity contribution in [3.63, 3.8) is 0 Å². The molecule has 1 atom stereocenters. The molecule has 2 aromatic carbocycles. The second kappa shape index (κ2) is 13.8. The highest BCUT2D eigenvalue weighted by Gasteiger charge is 2.27. The van der Waals surface area contributed by atoms with Crippen LogP contribution in [0.25, 0.3) is 0 Å². The molecule has 1 N–H and O–H groups in total. The third-order valence-electron chi connectivity index (χ3n) is 5.07. The van der Waals surface area contributed by atoms with Gasteiger partial charge in [0.1, 0.15) is 11.8 Å². The number of benzene rings is 2. The standard InChI is InChI=1S/C25H34N2O3S/c1-4-16-26-25(29)23(5-2)27(17-15-20-9-7-6-8-10-20)24(28)19-31-18-21-11-13-22(30-3)14-12-21/h6-14,23H,4-5,15-19H2,1-3H3,(H,26,29)/t23-/m1/s1. The van der Waals surface area contributed by atoms with Gasteiger partial charge < -0.3 is 15.0 Å². The predicted octanol–water partition coefficient (Wildman–Crippen LogP) is 4.30. The first-order chi connectivity index (χ1) is 15.1. The van der Waals surface area contributed by atoms with Crippen LogP contribution in [0.5, 0.6) is 5.75 Å². The minimum Gasteiger partial charge on any atom is -0.497 e. The van der Waals surface area contributed by atoms with E-state index in [-0.39, 0.29) is 11.8 Å². The Morgan fingerprint density at radius 3 is 2.35 bits per heavy atom. The van der Waals surface area contributed by atoms with E-state index in [2.05, 4.69) is 17.4 Å². The second-order valence-corrected chi connectivity index (χ2v) is 8.36. The summed E-state index contributed by atoms with van der Waals surface area (Å²) in [7, 11) is 1.65. The van der Waals surface area contributed by atoms with E-state index in [9.17, 15) is 9.59 Å². The minimum atomic E-state index is -0.440. The van der Waals surface area contributed by atoms with Crippen molar-refractivity contribution in [1.29, 1.82) is 0 Å². The lowest BCUT2D eigenvalue weighted by Gasteiger charge is -2.30. The SMILES string of the molecule is CCCNC(=O)[C@@H](CC)N(CCc1ccccc1)C(=O)CSCc1ccc(OC)cc1. The number of carbonyl (C=O) groups excluding carboxylic acids is 2. The molecule has 0 unspecified atom stereocenters. The lowest BCUT2D eigenvalue weighted by molar-refractivity contribution is -0.138. The molecule has 5 nitrogen and oxygen atoms in total. The Balaban J connectivity index is 2.01. The molecular formula is C25H34N2O3S. The Labute approximate surface area is 190 Å². The number of thioether (sulfide) groups is 1. The fraction of sp³-hybridized carbons (Fsp3) is 0.440. The molecule has 0 aromatic heterocycles. The zero-order valence-corrected chi connectivity index (χ0v) is 19.6. The van der Waals surface area contributed by atoms with Gasteiger partial charge in [-0.25, -0.2) is 0 Å². The van der Waals surface area contributed by atoms with Gasteiger partial charge in [0.25, 0.3) is 0 Å². The Bertz CT molecular complexity index is 796. The van der Waals surface area contributed by atoms with E-state index < -0.39 is 6.04 Å². The maximum Gasteiger partial charge on any atom is 0.242 e. The molecule has 0 heterocycles. The number of hydrogen-bond donors (Lipinski definition) is 1. The van der Waals surface area contributed by atoms with E-state index >= 15 is 0 Å². The van der Waals surface area contributed by atoms with Crippen LogP contribution in [-0.4, -0.2) is 48.7 Å². The fourth-order valence-electron chi connectivity index (χ4n) is 3.32. The first kappa shape index (κ1) is 24.8. The maximum atomic E-state index is 13.1. The molecule has 0 spiro atoms. The van der Waals surface area contributed by atoms with Gasteiger partial charge in [0.2, 0.25) is 11.8 Å². The molecule has 6 heteroatoms. The van der Waals surface area contributed by atoms with Crippen molar-refractivity contribution >= 4 is 23.6 Å². The summed E-state index contributed by atoms with van der Waals surface area (Å²) < 4.78 is 5.19. The summed E-state index contributed by atoms with van der Waals surface area (Å²) in [4.78, 5) is 27.6. The molecular weight excluding hydrogens is 408 g/mol. The molecule has 0 fully saturated rings. The van der Waals surface area contributed by atoms with Crippen molar-refractivity contribution in [1.82, 2.24) is 10.2 Å². The largest absolute Gasteiger partial charge is 0.497 e. The van der Waals surface area contributed by atoms with E-state index in [0.29, 0.717) is 25.3 Å². The number of methoxy groups -OCH3 is 1. The molecule has 0 aliphatic carbocycles. The van der Waals surface area contributed by atoms with Crippen LogP contribution in [0.15, 0.2) is 54.6 Å². The first-order valence-corrected chi connectivity index (χ1v) is 12.1. The average molecular weight is 443 g/mol. The van der Waals surface area contributed by atoms with Gasteiger partial charge >= 0.3 is 0 Å². The zero-order valence-electron chi connectivity index (χ0n) is 18.8. The lowest BCUT2D eigenvalue weighted by Crippen LogP contribution is -2.50. The highest BCUT2D eigenvalue weighted by Crippen LogP contribution is 2.18. The number of rotatable bonds is 13. The van der Waals surface area contributed by atoms with E-state index in [4.69, 9.17) is 4.74 Å².